The van der Waals surface area contributed by atoms with Crippen molar-refractivity contribution in [1.82, 2.24) is 0 Å². The number of benzene rings is 4. The second kappa shape index (κ2) is 16.5. The minimum absolute atomic E-state index is 0.106. The molecular formula is C44H50F4O. The highest BCUT2D eigenvalue weighted by Gasteiger charge is 2.35. The van der Waals surface area contributed by atoms with Gasteiger partial charge in [-0.3, -0.25) is 0 Å². The van der Waals surface area contributed by atoms with Crippen LogP contribution in [0.1, 0.15) is 114 Å². The summed E-state index contributed by atoms with van der Waals surface area (Å²) in [6, 6.07) is 24.6. The van der Waals surface area contributed by atoms with Gasteiger partial charge in [-0.25, -0.2) is 17.6 Å². The van der Waals surface area contributed by atoms with E-state index in [0.29, 0.717) is 23.0 Å². The van der Waals surface area contributed by atoms with Crippen LogP contribution >= 0.6 is 0 Å². The Labute approximate surface area is 290 Å². The molecule has 4 aromatic rings. The van der Waals surface area contributed by atoms with Gasteiger partial charge < -0.3 is 4.74 Å². The van der Waals surface area contributed by atoms with Crippen LogP contribution in [0.15, 0.2) is 84.9 Å². The molecule has 0 bridgehead atoms. The molecule has 4 aromatic carbocycles. The zero-order chi connectivity index (χ0) is 34.3. The highest BCUT2D eigenvalue weighted by molar-refractivity contribution is 5.64. The predicted molar refractivity (Wildman–Crippen MR) is 191 cm³/mol. The number of ether oxygens (including phenoxy) is 1. The summed E-state index contributed by atoms with van der Waals surface area (Å²) in [6.07, 6.45) is 14.1. The molecule has 0 amide bonds. The third-order valence-corrected chi connectivity index (χ3v) is 11.3. The summed E-state index contributed by atoms with van der Waals surface area (Å²) in [5.41, 5.74) is 5.21. The Morgan fingerprint density at radius 3 is 1.14 bits per heavy atom. The lowest BCUT2D eigenvalue weighted by Gasteiger charge is -2.40. The van der Waals surface area contributed by atoms with Crippen LogP contribution in [-0.2, 0) is 4.74 Å². The topological polar surface area (TPSA) is 9.23 Å². The van der Waals surface area contributed by atoms with Gasteiger partial charge in [-0.2, -0.15) is 0 Å². The van der Waals surface area contributed by atoms with Gasteiger partial charge in [0.2, 0.25) is 0 Å². The number of halogens is 4. The standard InChI is InChI=1S/C44H50F4O/c1-3-5-29-7-11-33(12-8-29)43(35-19-15-31(16-20-35)37-23-25-39(45)41(47)27-37)49-44(34-13-9-30(6-4-2)10-14-34)36-21-17-32(18-22-36)38-24-26-40(46)42(48)28-38/h15-30,33-34,43-44H,3-14H2,1-2H3/t29-,30-,33-,34-,43?,44?. The van der Waals surface area contributed by atoms with Crippen molar-refractivity contribution in [3.05, 3.63) is 119 Å². The zero-order valence-corrected chi connectivity index (χ0v) is 29.0. The largest absolute Gasteiger partial charge is 0.365 e. The van der Waals surface area contributed by atoms with Crippen LogP contribution in [0.2, 0.25) is 0 Å². The van der Waals surface area contributed by atoms with Crippen molar-refractivity contribution in [3.8, 4) is 22.3 Å². The molecule has 2 aliphatic carbocycles. The van der Waals surface area contributed by atoms with E-state index in [1.54, 1.807) is 12.1 Å². The minimum Gasteiger partial charge on any atom is -0.365 e. The van der Waals surface area contributed by atoms with E-state index < -0.39 is 23.3 Å². The van der Waals surface area contributed by atoms with E-state index in [9.17, 15) is 17.6 Å². The first-order chi connectivity index (χ1) is 23.8. The van der Waals surface area contributed by atoms with Crippen molar-refractivity contribution in [2.45, 2.75) is 103 Å². The van der Waals surface area contributed by atoms with Gasteiger partial charge in [-0.15, -0.1) is 0 Å². The maximum absolute atomic E-state index is 14.1. The molecule has 0 spiro atoms. The molecule has 2 saturated carbocycles. The molecule has 2 unspecified atom stereocenters. The lowest BCUT2D eigenvalue weighted by atomic mass is 9.75. The highest BCUT2D eigenvalue weighted by Crippen LogP contribution is 2.47. The van der Waals surface area contributed by atoms with Crippen LogP contribution in [0.5, 0.6) is 0 Å². The zero-order valence-electron chi connectivity index (χ0n) is 29.0. The summed E-state index contributed by atoms with van der Waals surface area (Å²) in [4.78, 5) is 0. The first-order valence-corrected chi connectivity index (χ1v) is 18.6. The van der Waals surface area contributed by atoms with Crippen LogP contribution in [-0.4, -0.2) is 0 Å². The Bertz CT molecular complexity index is 1510. The van der Waals surface area contributed by atoms with Gasteiger partial charge in [-0.1, -0.05) is 126 Å². The summed E-state index contributed by atoms with van der Waals surface area (Å²) < 4.78 is 62.9. The molecule has 0 aliphatic heterocycles. The molecule has 2 fully saturated rings. The van der Waals surface area contributed by atoms with Crippen LogP contribution in [0, 0.1) is 46.9 Å². The third-order valence-electron chi connectivity index (χ3n) is 11.3. The lowest BCUT2D eigenvalue weighted by molar-refractivity contribution is -0.0907. The second-order valence-electron chi connectivity index (χ2n) is 14.6. The lowest BCUT2D eigenvalue weighted by Crippen LogP contribution is -2.28. The molecule has 49 heavy (non-hydrogen) atoms. The number of rotatable bonds is 12. The van der Waals surface area contributed by atoms with Gasteiger partial charge in [0.25, 0.3) is 0 Å². The molecule has 260 valence electrons. The average molecular weight is 671 g/mol. The third kappa shape index (κ3) is 8.66. The summed E-state index contributed by atoms with van der Waals surface area (Å²) in [5.74, 6) is -1.10. The summed E-state index contributed by atoms with van der Waals surface area (Å²) in [7, 11) is 0. The van der Waals surface area contributed by atoms with Crippen molar-refractivity contribution in [3.63, 3.8) is 0 Å². The molecule has 0 aromatic heterocycles. The average Bonchev–Trinajstić information content (AvgIpc) is 3.13. The molecular weight excluding hydrogens is 620 g/mol. The van der Waals surface area contributed by atoms with E-state index in [-0.39, 0.29) is 12.2 Å². The molecule has 0 radical (unpaired) electrons. The monoisotopic (exact) mass is 670 g/mol. The molecule has 0 N–H and O–H groups in total. The fourth-order valence-electron chi connectivity index (χ4n) is 8.54. The minimum atomic E-state index is -0.848. The highest BCUT2D eigenvalue weighted by atomic mass is 19.2. The van der Waals surface area contributed by atoms with Gasteiger partial charge in [-0.05, 0) is 107 Å². The van der Waals surface area contributed by atoms with Gasteiger partial charge in [0.05, 0.1) is 12.2 Å². The smallest absolute Gasteiger partial charge is 0.159 e. The van der Waals surface area contributed by atoms with Gasteiger partial charge >= 0.3 is 0 Å². The Morgan fingerprint density at radius 1 is 0.469 bits per heavy atom. The number of hydrogen-bond acceptors (Lipinski definition) is 1. The molecule has 6 rings (SSSR count). The van der Waals surface area contributed by atoms with E-state index in [1.165, 1.54) is 75.6 Å². The van der Waals surface area contributed by atoms with Gasteiger partial charge in [0.15, 0.2) is 23.3 Å². The molecule has 0 saturated heterocycles. The van der Waals surface area contributed by atoms with E-state index >= 15 is 0 Å². The van der Waals surface area contributed by atoms with Gasteiger partial charge in [0.1, 0.15) is 0 Å². The second-order valence-corrected chi connectivity index (χ2v) is 14.6. The maximum Gasteiger partial charge on any atom is 0.159 e. The predicted octanol–water partition coefficient (Wildman–Crippen LogP) is 13.6. The fourth-order valence-corrected chi connectivity index (χ4v) is 8.54. The normalized spacial score (nSPS) is 22.5. The van der Waals surface area contributed by atoms with Crippen molar-refractivity contribution < 1.29 is 22.3 Å². The van der Waals surface area contributed by atoms with Crippen molar-refractivity contribution >= 4 is 0 Å². The van der Waals surface area contributed by atoms with Crippen LogP contribution < -0.4 is 0 Å². The Morgan fingerprint density at radius 2 is 0.816 bits per heavy atom. The Balaban J connectivity index is 1.32. The molecule has 1 nitrogen and oxygen atoms in total. The summed E-state index contributed by atoms with van der Waals surface area (Å²) in [5, 5.41) is 0. The van der Waals surface area contributed by atoms with E-state index in [4.69, 9.17) is 4.74 Å². The van der Waals surface area contributed by atoms with Crippen LogP contribution in [0.25, 0.3) is 22.3 Å². The van der Waals surface area contributed by atoms with E-state index in [1.807, 2.05) is 24.3 Å². The molecule has 5 heteroatoms. The summed E-state index contributed by atoms with van der Waals surface area (Å²) >= 11 is 0. The quantitative estimate of drug-likeness (QED) is 0.136. The Kier molecular flexibility index (Phi) is 11.9. The number of hydrogen-bond donors (Lipinski definition) is 0. The van der Waals surface area contributed by atoms with Crippen molar-refractivity contribution in [2.75, 3.05) is 0 Å². The van der Waals surface area contributed by atoms with Crippen molar-refractivity contribution in [2.24, 2.45) is 23.7 Å². The van der Waals surface area contributed by atoms with Crippen LogP contribution in [0.4, 0.5) is 17.6 Å². The Hall–Kier alpha value is -3.44. The first-order valence-electron chi connectivity index (χ1n) is 18.6. The first kappa shape index (κ1) is 35.4. The van der Waals surface area contributed by atoms with Crippen molar-refractivity contribution in [1.29, 1.82) is 0 Å². The fraction of sp³-hybridized carbons (Fsp3) is 0.455. The maximum atomic E-state index is 14.1. The molecule has 2 atom stereocenters. The van der Waals surface area contributed by atoms with E-state index in [2.05, 4.69) is 38.1 Å². The SMILES string of the molecule is CCC[C@H]1CC[C@H](C(OC(c2ccc(-c3ccc(F)c(F)c3)cc2)[C@H]2CC[C@H](CCC)CC2)c2ccc(-c3ccc(F)c(F)c3)cc2)CC1. The molecule has 2 aliphatic rings. The van der Waals surface area contributed by atoms with Crippen LogP contribution in [0.3, 0.4) is 0 Å². The molecule has 0 heterocycles. The van der Waals surface area contributed by atoms with E-state index in [0.717, 1.165) is 59.8 Å². The van der Waals surface area contributed by atoms with Gasteiger partial charge in [0, 0.05) is 0 Å². The summed E-state index contributed by atoms with van der Waals surface area (Å²) in [6.45, 7) is 4.54.